The van der Waals surface area contributed by atoms with E-state index in [1.807, 2.05) is 5.32 Å². The van der Waals surface area contributed by atoms with Gasteiger partial charge in [0.1, 0.15) is 5.82 Å². The van der Waals surface area contributed by atoms with Crippen LogP contribution in [0.2, 0.25) is 0 Å². The van der Waals surface area contributed by atoms with Crippen molar-refractivity contribution in [3.8, 4) is 11.8 Å². The number of nitrogens with one attached hydrogen (secondary N) is 2. The molecule has 1 unspecified atom stereocenters. The molecule has 116 valence electrons. The number of carbonyl (C=O) groups excluding carboxylic acids is 1. The number of hydrogen-bond donors (Lipinski definition) is 2. The summed E-state index contributed by atoms with van der Waals surface area (Å²) >= 11 is 2.89. The van der Waals surface area contributed by atoms with Crippen molar-refractivity contribution in [1.29, 1.82) is 0 Å². The minimum atomic E-state index is -4.89. The number of rotatable bonds is 0. The van der Waals surface area contributed by atoms with Gasteiger partial charge in [-0.25, -0.2) is 9.18 Å². The highest BCUT2D eigenvalue weighted by atomic mass is 79.9. The predicted octanol–water partition coefficient (Wildman–Crippen LogP) is 3.89. The van der Waals surface area contributed by atoms with E-state index in [1.54, 1.807) is 0 Å². The molecule has 1 fully saturated rings. The summed E-state index contributed by atoms with van der Waals surface area (Å²) in [7, 11) is 0. The Hall–Kier alpha value is -1.75. The van der Waals surface area contributed by atoms with Gasteiger partial charge in [-0.1, -0.05) is 11.8 Å². The first-order valence-corrected chi connectivity index (χ1v) is 7.20. The third kappa shape index (κ3) is 2.43. The van der Waals surface area contributed by atoms with Crippen molar-refractivity contribution in [3.63, 3.8) is 0 Å². The quantitative estimate of drug-likeness (QED) is 0.523. The van der Waals surface area contributed by atoms with Gasteiger partial charge >= 0.3 is 12.2 Å². The van der Waals surface area contributed by atoms with E-state index in [1.165, 1.54) is 0 Å². The molecule has 22 heavy (non-hydrogen) atoms. The summed E-state index contributed by atoms with van der Waals surface area (Å²) in [4.78, 5) is 11.6. The normalized spacial score (nSPS) is 23.8. The molecule has 1 heterocycles. The third-order valence-electron chi connectivity index (χ3n) is 3.48. The fraction of sp³-hybridized carbons (Fsp3) is 0.357. The first-order valence-electron chi connectivity index (χ1n) is 6.41. The predicted molar refractivity (Wildman–Crippen MR) is 74.5 cm³/mol. The molecule has 3 rings (SSSR count). The Morgan fingerprint density at radius 1 is 1.32 bits per heavy atom. The number of alkyl halides is 3. The van der Waals surface area contributed by atoms with E-state index in [-0.39, 0.29) is 16.1 Å². The molecule has 1 atom stereocenters. The zero-order valence-electron chi connectivity index (χ0n) is 10.9. The number of halogens is 5. The minimum Gasteiger partial charge on any atom is -0.310 e. The number of hydrogen-bond acceptors (Lipinski definition) is 1. The van der Waals surface area contributed by atoms with Crippen molar-refractivity contribution in [3.05, 3.63) is 28.0 Å². The van der Waals surface area contributed by atoms with Crippen molar-refractivity contribution in [1.82, 2.24) is 5.32 Å². The van der Waals surface area contributed by atoms with Crippen molar-refractivity contribution in [2.75, 3.05) is 5.32 Å². The summed E-state index contributed by atoms with van der Waals surface area (Å²) in [5.41, 5.74) is -3.48. The third-order valence-corrected chi connectivity index (χ3v) is 4.09. The Kier molecular flexibility index (Phi) is 3.36. The lowest BCUT2D eigenvalue weighted by Crippen LogP contribution is -2.59. The molecule has 2 aliphatic rings. The fourth-order valence-corrected chi connectivity index (χ4v) is 2.53. The van der Waals surface area contributed by atoms with Crippen LogP contribution in [0.4, 0.5) is 28.0 Å². The molecule has 0 radical (unpaired) electrons. The lowest BCUT2D eigenvalue weighted by Gasteiger charge is -2.37. The topological polar surface area (TPSA) is 41.1 Å². The maximum Gasteiger partial charge on any atom is 0.427 e. The first kappa shape index (κ1) is 15.2. The van der Waals surface area contributed by atoms with Crippen LogP contribution in [0.15, 0.2) is 16.6 Å². The summed E-state index contributed by atoms with van der Waals surface area (Å²) in [6.45, 7) is 0. The van der Waals surface area contributed by atoms with E-state index in [4.69, 9.17) is 0 Å². The van der Waals surface area contributed by atoms with E-state index < -0.39 is 29.1 Å². The number of benzene rings is 1. The van der Waals surface area contributed by atoms with Gasteiger partial charge in [-0.05, 0) is 40.9 Å². The van der Waals surface area contributed by atoms with E-state index in [0.717, 1.165) is 25.0 Å². The molecule has 3 nitrogen and oxygen atoms in total. The molecule has 1 aromatic carbocycles. The fourth-order valence-electron chi connectivity index (χ4n) is 2.18. The van der Waals surface area contributed by atoms with Crippen LogP contribution < -0.4 is 10.6 Å². The van der Waals surface area contributed by atoms with Gasteiger partial charge in [-0.2, -0.15) is 13.2 Å². The number of carbonyl (C=O) groups is 1. The maximum absolute atomic E-state index is 13.7. The van der Waals surface area contributed by atoms with Crippen LogP contribution in [0.5, 0.6) is 0 Å². The molecule has 0 bridgehead atoms. The second-order valence-electron chi connectivity index (χ2n) is 5.18. The molecule has 2 amide bonds. The van der Waals surface area contributed by atoms with Gasteiger partial charge < -0.3 is 10.6 Å². The molecule has 0 aromatic heterocycles. The van der Waals surface area contributed by atoms with Crippen LogP contribution in [-0.4, -0.2) is 12.2 Å². The molecule has 1 aromatic rings. The van der Waals surface area contributed by atoms with Gasteiger partial charge in [0, 0.05) is 11.5 Å². The average Bonchev–Trinajstić information content (AvgIpc) is 3.21. The number of anilines is 1. The molecule has 1 aliphatic carbocycles. The van der Waals surface area contributed by atoms with Gasteiger partial charge in [-0.3, -0.25) is 0 Å². The highest BCUT2D eigenvalue weighted by molar-refractivity contribution is 9.10. The van der Waals surface area contributed by atoms with Gasteiger partial charge in [0.2, 0.25) is 5.54 Å². The summed E-state index contributed by atoms with van der Waals surface area (Å²) < 4.78 is 54.7. The summed E-state index contributed by atoms with van der Waals surface area (Å²) in [6.07, 6.45) is -3.43. The maximum atomic E-state index is 13.7. The molecule has 1 aliphatic heterocycles. The number of amides is 2. The Bertz CT molecular complexity index is 718. The standard InChI is InChI=1S/C14H9BrF4N2O/c15-9-6-11-8(5-10(9)16)13(14(17,18)19,21-12(22)20-11)4-3-7-1-2-7/h5-7H,1-2H2,(H2,20,21,22). The second-order valence-corrected chi connectivity index (χ2v) is 6.04. The SMILES string of the molecule is O=C1Nc2cc(Br)c(F)cc2C(C#CC2CC2)(C(F)(F)F)N1. The highest BCUT2D eigenvalue weighted by Crippen LogP contribution is 2.45. The molecular weight excluding hydrogens is 368 g/mol. The molecule has 8 heteroatoms. The van der Waals surface area contributed by atoms with Crippen molar-refractivity contribution < 1.29 is 22.4 Å². The summed E-state index contributed by atoms with van der Waals surface area (Å²) in [5.74, 6) is 3.70. The average molecular weight is 377 g/mol. The van der Waals surface area contributed by atoms with Crippen LogP contribution in [0.25, 0.3) is 0 Å². The molecule has 0 saturated heterocycles. The second kappa shape index (κ2) is 4.88. The van der Waals surface area contributed by atoms with Crippen molar-refractivity contribution in [2.24, 2.45) is 5.92 Å². The van der Waals surface area contributed by atoms with Crippen LogP contribution in [0.1, 0.15) is 18.4 Å². The molecule has 2 N–H and O–H groups in total. The van der Waals surface area contributed by atoms with E-state index in [0.29, 0.717) is 0 Å². The lowest BCUT2D eigenvalue weighted by atomic mass is 9.86. The zero-order chi connectivity index (χ0) is 16.1. The van der Waals surface area contributed by atoms with E-state index in [9.17, 15) is 22.4 Å². The van der Waals surface area contributed by atoms with Gasteiger partial charge in [-0.15, -0.1) is 0 Å². The van der Waals surface area contributed by atoms with E-state index >= 15 is 0 Å². The first-order chi connectivity index (χ1) is 10.2. The van der Waals surface area contributed by atoms with Gasteiger partial charge in [0.15, 0.2) is 0 Å². The Balaban J connectivity index is 2.24. The van der Waals surface area contributed by atoms with Crippen molar-refractivity contribution in [2.45, 2.75) is 24.6 Å². The number of fused-ring (bicyclic) bond motifs is 1. The van der Waals surface area contributed by atoms with Crippen molar-refractivity contribution >= 4 is 27.6 Å². The van der Waals surface area contributed by atoms with E-state index in [2.05, 4.69) is 33.1 Å². The zero-order valence-corrected chi connectivity index (χ0v) is 12.5. The molecule has 1 saturated carbocycles. The van der Waals surface area contributed by atoms with Crippen LogP contribution in [0, 0.1) is 23.6 Å². The van der Waals surface area contributed by atoms with Gasteiger partial charge in [0.25, 0.3) is 0 Å². The van der Waals surface area contributed by atoms with Crippen LogP contribution >= 0.6 is 15.9 Å². The Morgan fingerprint density at radius 3 is 2.59 bits per heavy atom. The molecule has 0 spiro atoms. The van der Waals surface area contributed by atoms with Crippen LogP contribution in [-0.2, 0) is 5.54 Å². The summed E-state index contributed by atoms with van der Waals surface area (Å²) in [6, 6.07) is 0.803. The monoisotopic (exact) mass is 376 g/mol. The largest absolute Gasteiger partial charge is 0.427 e. The minimum absolute atomic E-state index is 0.0420. The van der Waals surface area contributed by atoms with Crippen LogP contribution in [0.3, 0.4) is 0 Å². The smallest absolute Gasteiger partial charge is 0.310 e. The molecular formula is C14H9BrF4N2O. The number of urea groups is 1. The highest BCUT2D eigenvalue weighted by Gasteiger charge is 2.59. The Labute approximate surface area is 131 Å². The summed E-state index contributed by atoms with van der Waals surface area (Å²) in [5, 5.41) is 4.07. The lowest BCUT2D eigenvalue weighted by molar-refractivity contribution is -0.178. The Morgan fingerprint density at radius 2 is 2.00 bits per heavy atom. The van der Waals surface area contributed by atoms with Gasteiger partial charge in [0.05, 0.1) is 10.2 Å².